The molecule has 0 spiro atoms. The first kappa shape index (κ1) is 16.7. The van der Waals surface area contributed by atoms with Crippen molar-refractivity contribution in [2.24, 2.45) is 0 Å². The van der Waals surface area contributed by atoms with Crippen molar-refractivity contribution in [3.05, 3.63) is 28.2 Å². The highest BCUT2D eigenvalue weighted by Gasteiger charge is 2.23. The van der Waals surface area contributed by atoms with E-state index in [9.17, 15) is 10.2 Å². The van der Waals surface area contributed by atoms with Crippen molar-refractivity contribution in [1.82, 2.24) is 10.2 Å². The highest BCUT2D eigenvalue weighted by molar-refractivity contribution is 9.10. The number of hydrogen-bond acceptors (Lipinski definition) is 4. The Bertz CT molecular complexity index is 400. The summed E-state index contributed by atoms with van der Waals surface area (Å²) in [6.45, 7) is 3.93. The highest BCUT2D eigenvalue weighted by atomic mass is 79.9. The molecule has 2 rings (SSSR count). The van der Waals surface area contributed by atoms with Gasteiger partial charge in [-0.1, -0.05) is 22.0 Å². The molecule has 4 nitrogen and oxygen atoms in total. The SMILES string of the molecule is Cl.OCC[C@@H](c1ccc(Br)cc1O)N1CCNCC1. The van der Waals surface area contributed by atoms with E-state index in [1.54, 1.807) is 6.07 Å². The van der Waals surface area contributed by atoms with Gasteiger partial charge in [-0.3, -0.25) is 4.90 Å². The summed E-state index contributed by atoms with van der Waals surface area (Å²) in [6.07, 6.45) is 0.648. The van der Waals surface area contributed by atoms with Gasteiger partial charge in [0.2, 0.25) is 0 Å². The number of benzene rings is 1. The molecule has 0 aliphatic carbocycles. The highest BCUT2D eigenvalue weighted by Crippen LogP contribution is 2.33. The standard InChI is InChI=1S/C13H19BrN2O2.ClH/c14-10-1-2-11(13(18)9-10)12(3-8-17)16-6-4-15-5-7-16;/h1-2,9,12,15,17-18H,3-8H2;1H/t12-;/m0./s1. The molecule has 0 bridgehead atoms. The van der Waals surface area contributed by atoms with Crippen LogP contribution in [0.2, 0.25) is 0 Å². The topological polar surface area (TPSA) is 55.7 Å². The van der Waals surface area contributed by atoms with Crippen molar-refractivity contribution < 1.29 is 10.2 Å². The lowest BCUT2D eigenvalue weighted by atomic mass is 10.0. The lowest BCUT2D eigenvalue weighted by Gasteiger charge is -2.35. The van der Waals surface area contributed by atoms with Crippen molar-refractivity contribution in [2.75, 3.05) is 32.8 Å². The third kappa shape index (κ3) is 4.33. The van der Waals surface area contributed by atoms with Gasteiger partial charge in [0.05, 0.1) is 0 Å². The summed E-state index contributed by atoms with van der Waals surface area (Å²) < 4.78 is 0.867. The van der Waals surface area contributed by atoms with Crippen molar-refractivity contribution in [3.63, 3.8) is 0 Å². The Labute approximate surface area is 128 Å². The summed E-state index contributed by atoms with van der Waals surface area (Å²) >= 11 is 3.35. The molecular weight excluding hydrogens is 332 g/mol. The van der Waals surface area contributed by atoms with Gasteiger partial charge in [0.1, 0.15) is 5.75 Å². The van der Waals surface area contributed by atoms with Gasteiger partial charge in [0, 0.05) is 48.9 Å². The van der Waals surface area contributed by atoms with Crippen LogP contribution in [0.5, 0.6) is 5.75 Å². The fourth-order valence-electron chi connectivity index (χ4n) is 2.45. The number of aliphatic hydroxyl groups excluding tert-OH is 1. The molecule has 1 aromatic rings. The summed E-state index contributed by atoms with van der Waals surface area (Å²) in [4.78, 5) is 2.32. The number of aliphatic hydroxyl groups is 1. The molecular formula is C13H20BrClN2O2. The van der Waals surface area contributed by atoms with Crippen LogP contribution in [0.4, 0.5) is 0 Å². The number of nitrogens with one attached hydrogen (secondary N) is 1. The Balaban J connectivity index is 0.00000180. The Morgan fingerprint density at radius 2 is 2.00 bits per heavy atom. The molecule has 1 aromatic carbocycles. The first-order chi connectivity index (χ1) is 8.72. The summed E-state index contributed by atoms with van der Waals surface area (Å²) in [6, 6.07) is 5.66. The fraction of sp³-hybridized carbons (Fsp3) is 0.538. The smallest absolute Gasteiger partial charge is 0.121 e. The number of phenolic OH excluding ortho intramolecular Hbond substituents is 1. The minimum absolute atomic E-state index is 0. The van der Waals surface area contributed by atoms with Crippen LogP contribution in [0.3, 0.4) is 0 Å². The number of aromatic hydroxyl groups is 1. The van der Waals surface area contributed by atoms with E-state index < -0.39 is 0 Å². The van der Waals surface area contributed by atoms with Crippen LogP contribution in [-0.2, 0) is 0 Å². The molecule has 0 unspecified atom stereocenters. The van der Waals surface area contributed by atoms with Gasteiger partial charge >= 0.3 is 0 Å². The van der Waals surface area contributed by atoms with Gasteiger partial charge in [-0.25, -0.2) is 0 Å². The molecule has 1 heterocycles. The molecule has 1 fully saturated rings. The average molecular weight is 352 g/mol. The largest absolute Gasteiger partial charge is 0.508 e. The summed E-state index contributed by atoms with van der Waals surface area (Å²) in [5.74, 6) is 0.293. The van der Waals surface area contributed by atoms with Crippen LogP contribution in [0.25, 0.3) is 0 Å². The zero-order chi connectivity index (χ0) is 13.0. The Hall–Kier alpha value is -0.330. The van der Waals surface area contributed by atoms with Crippen LogP contribution in [0.1, 0.15) is 18.0 Å². The fourth-order valence-corrected chi connectivity index (χ4v) is 2.80. The number of piperazine rings is 1. The van der Waals surface area contributed by atoms with Crippen LogP contribution in [0.15, 0.2) is 22.7 Å². The van der Waals surface area contributed by atoms with Crippen molar-refractivity contribution in [2.45, 2.75) is 12.5 Å². The second kappa shape index (κ2) is 8.07. The van der Waals surface area contributed by atoms with E-state index in [1.165, 1.54) is 0 Å². The second-order valence-corrected chi connectivity index (χ2v) is 5.43. The maximum atomic E-state index is 10.1. The molecule has 1 aliphatic heterocycles. The molecule has 108 valence electrons. The van der Waals surface area contributed by atoms with Gasteiger partial charge < -0.3 is 15.5 Å². The number of nitrogens with zero attached hydrogens (tertiary/aromatic N) is 1. The summed E-state index contributed by atoms with van der Waals surface area (Å²) in [5.41, 5.74) is 0.897. The van der Waals surface area contributed by atoms with Crippen molar-refractivity contribution >= 4 is 28.3 Å². The third-order valence-electron chi connectivity index (χ3n) is 3.35. The molecule has 0 amide bonds. The minimum Gasteiger partial charge on any atom is -0.508 e. The second-order valence-electron chi connectivity index (χ2n) is 4.52. The van der Waals surface area contributed by atoms with Gasteiger partial charge in [-0.15, -0.1) is 12.4 Å². The maximum Gasteiger partial charge on any atom is 0.121 e. The Morgan fingerprint density at radius 3 is 2.58 bits per heavy atom. The van der Waals surface area contributed by atoms with E-state index >= 15 is 0 Å². The normalized spacial score (nSPS) is 17.8. The zero-order valence-electron chi connectivity index (χ0n) is 10.7. The van der Waals surface area contributed by atoms with E-state index in [1.807, 2.05) is 12.1 Å². The Kier molecular flexibility index (Phi) is 7.10. The number of phenols is 1. The lowest BCUT2D eigenvalue weighted by molar-refractivity contribution is 0.139. The first-order valence-corrected chi connectivity index (χ1v) is 7.05. The molecule has 0 aromatic heterocycles. The van der Waals surface area contributed by atoms with Crippen LogP contribution in [0, 0.1) is 0 Å². The molecule has 0 saturated carbocycles. The average Bonchev–Trinajstić information content (AvgIpc) is 2.38. The number of halogens is 2. The molecule has 1 saturated heterocycles. The molecule has 1 atom stereocenters. The molecule has 19 heavy (non-hydrogen) atoms. The molecule has 1 aliphatic rings. The van der Waals surface area contributed by atoms with Crippen LogP contribution in [-0.4, -0.2) is 47.9 Å². The van der Waals surface area contributed by atoms with Gasteiger partial charge in [0.15, 0.2) is 0 Å². The first-order valence-electron chi connectivity index (χ1n) is 6.26. The van der Waals surface area contributed by atoms with E-state index in [4.69, 9.17) is 0 Å². The van der Waals surface area contributed by atoms with E-state index in [0.717, 1.165) is 36.2 Å². The van der Waals surface area contributed by atoms with Gasteiger partial charge in [-0.2, -0.15) is 0 Å². The van der Waals surface area contributed by atoms with Gasteiger partial charge in [-0.05, 0) is 18.6 Å². The quantitative estimate of drug-likeness (QED) is 0.775. The summed E-state index contributed by atoms with van der Waals surface area (Å²) in [5, 5.41) is 22.6. The predicted octanol–water partition coefficient (Wildman–Crippen LogP) is 1.91. The minimum atomic E-state index is 0. The molecule has 0 radical (unpaired) electrons. The predicted molar refractivity (Wildman–Crippen MR) is 81.9 cm³/mol. The van der Waals surface area contributed by atoms with E-state index in [0.29, 0.717) is 12.2 Å². The van der Waals surface area contributed by atoms with Crippen LogP contribution >= 0.6 is 28.3 Å². The number of rotatable bonds is 4. The van der Waals surface area contributed by atoms with E-state index in [-0.39, 0.29) is 25.1 Å². The molecule has 3 N–H and O–H groups in total. The van der Waals surface area contributed by atoms with Gasteiger partial charge in [0.25, 0.3) is 0 Å². The van der Waals surface area contributed by atoms with E-state index in [2.05, 4.69) is 26.1 Å². The number of hydrogen-bond donors (Lipinski definition) is 3. The summed E-state index contributed by atoms with van der Waals surface area (Å²) in [7, 11) is 0. The zero-order valence-corrected chi connectivity index (χ0v) is 13.1. The van der Waals surface area contributed by atoms with Crippen molar-refractivity contribution in [1.29, 1.82) is 0 Å². The Morgan fingerprint density at radius 1 is 1.32 bits per heavy atom. The monoisotopic (exact) mass is 350 g/mol. The van der Waals surface area contributed by atoms with Crippen molar-refractivity contribution in [3.8, 4) is 5.75 Å². The molecule has 6 heteroatoms. The maximum absolute atomic E-state index is 10.1. The lowest BCUT2D eigenvalue weighted by Crippen LogP contribution is -2.45. The van der Waals surface area contributed by atoms with Crippen LogP contribution < -0.4 is 5.32 Å². The third-order valence-corrected chi connectivity index (χ3v) is 3.84.